The molecule has 4 heterocycles. The molecule has 21 heavy (non-hydrogen) atoms. The third-order valence-corrected chi connectivity index (χ3v) is 4.31. The van der Waals surface area contributed by atoms with Crippen LogP contribution >= 0.6 is 0 Å². The average molecular weight is 282 g/mol. The number of hydrogen-bond acceptors (Lipinski definition) is 4. The van der Waals surface area contributed by atoms with Crippen LogP contribution in [-0.4, -0.2) is 35.4 Å². The van der Waals surface area contributed by atoms with Crippen molar-refractivity contribution in [3.63, 3.8) is 0 Å². The summed E-state index contributed by atoms with van der Waals surface area (Å²) in [7, 11) is 2.05. The van der Waals surface area contributed by atoms with E-state index in [2.05, 4.69) is 34.9 Å². The summed E-state index contributed by atoms with van der Waals surface area (Å²) >= 11 is 0. The number of likely N-dealkylation sites (tertiary alicyclic amines) is 1. The molecule has 3 aromatic rings. The second-order valence-electron chi connectivity index (χ2n) is 5.55. The number of nitrogens with zero attached hydrogens (tertiary/aromatic N) is 6. The molecule has 3 aromatic heterocycles. The molecule has 0 aromatic carbocycles. The van der Waals surface area contributed by atoms with E-state index in [9.17, 15) is 0 Å². The van der Waals surface area contributed by atoms with E-state index in [1.807, 2.05) is 38.0 Å². The highest BCUT2D eigenvalue weighted by molar-refractivity contribution is 5.31. The summed E-state index contributed by atoms with van der Waals surface area (Å²) in [6, 6.07) is 2.51. The predicted molar refractivity (Wildman–Crippen MR) is 78.6 cm³/mol. The van der Waals surface area contributed by atoms with Gasteiger partial charge in [0.25, 0.3) is 0 Å². The van der Waals surface area contributed by atoms with E-state index in [1.54, 1.807) is 0 Å². The molecule has 0 radical (unpaired) electrons. The standard InChI is InChI=1S/C15H18N6/c1-19-9-6-16-14(19)11-20-8-2-3-12(20)13-4-5-17-15-18-7-10-21(13)15/h4-7,9-10,12H,2-3,8,11H2,1H3. The van der Waals surface area contributed by atoms with Gasteiger partial charge in [0.1, 0.15) is 5.82 Å². The first kappa shape index (κ1) is 12.5. The van der Waals surface area contributed by atoms with Crippen LogP contribution in [0.15, 0.2) is 37.1 Å². The topological polar surface area (TPSA) is 51.2 Å². The third-order valence-electron chi connectivity index (χ3n) is 4.31. The highest BCUT2D eigenvalue weighted by Gasteiger charge is 2.28. The van der Waals surface area contributed by atoms with Crippen molar-refractivity contribution in [2.75, 3.05) is 6.54 Å². The molecular weight excluding hydrogens is 264 g/mol. The maximum Gasteiger partial charge on any atom is 0.233 e. The average Bonchev–Trinajstić information content (AvgIpc) is 3.21. The van der Waals surface area contributed by atoms with Crippen LogP contribution in [0.25, 0.3) is 5.78 Å². The lowest BCUT2D eigenvalue weighted by molar-refractivity contribution is 0.234. The van der Waals surface area contributed by atoms with Gasteiger partial charge >= 0.3 is 0 Å². The molecule has 0 saturated carbocycles. The molecule has 4 rings (SSSR count). The van der Waals surface area contributed by atoms with Crippen LogP contribution in [0, 0.1) is 0 Å². The van der Waals surface area contributed by atoms with Gasteiger partial charge in [0, 0.05) is 43.7 Å². The second-order valence-corrected chi connectivity index (χ2v) is 5.55. The van der Waals surface area contributed by atoms with E-state index >= 15 is 0 Å². The fourth-order valence-electron chi connectivity index (χ4n) is 3.21. The zero-order valence-electron chi connectivity index (χ0n) is 12.1. The number of fused-ring (bicyclic) bond motifs is 1. The molecule has 1 fully saturated rings. The summed E-state index contributed by atoms with van der Waals surface area (Å²) < 4.78 is 4.19. The Labute approximate surface area is 123 Å². The molecule has 1 aliphatic heterocycles. The number of aromatic nitrogens is 5. The van der Waals surface area contributed by atoms with Crippen molar-refractivity contribution in [2.24, 2.45) is 7.05 Å². The largest absolute Gasteiger partial charge is 0.337 e. The third kappa shape index (κ3) is 2.12. The zero-order valence-corrected chi connectivity index (χ0v) is 12.1. The predicted octanol–water partition coefficient (Wildman–Crippen LogP) is 1.80. The summed E-state index contributed by atoms with van der Waals surface area (Å²) in [5, 5.41) is 0. The Bertz CT molecular complexity index is 758. The van der Waals surface area contributed by atoms with Crippen molar-refractivity contribution < 1.29 is 0 Å². The van der Waals surface area contributed by atoms with E-state index in [4.69, 9.17) is 0 Å². The lowest BCUT2D eigenvalue weighted by atomic mass is 10.1. The maximum absolute atomic E-state index is 4.45. The van der Waals surface area contributed by atoms with Gasteiger partial charge in [-0.05, 0) is 25.5 Å². The first-order valence-electron chi connectivity index (χ1n) is 7.31. The zero-order chi connectivity index (χ0) is 14.2. The molecule has 0 aliphatic carbocycles. The molecule has 1 saturated heterocycles. The molecule has 1 unspecified atom stereocenters. The van der Waals surface area contributed by atoms with Gasteiger partial charge in [-0.3, -0.25) is 9.30 Å². The molecule has 6 heteroatoms. The van der Waals surface area contributed by atoms with Crippen LogP contribution in [-0.2, 0) is 13.6 Å². The van der Waals surface area contributed by atoms with Crippen LogP contribution in [0.5, 0.6) is 0 Å². The van der Waals surface area contributed by atoms with Crippen molar-refractivity contribution >= 4 is 5.78 Å². The molecule has 1 atom stereocenters. The summed E-state index contributed by atoms with van der Waals surface area (Å²) in [5.74, 6) is 1.88. The lowest BCUT2D eigenvalue weighted by Crippen LogP contribution is -2.25. The molecule has 0 spiro atoms. The minimum absolute atomic E-state index is 0.404. The van der Waals surface area contributed by atoms with Gasteiger partial charge in [-0.15, -0.1) is 0 Å². The Morgan fingerprint density at radius 1 is 1.14 bits per heavy atom. The van der Waals surface area contributed by atoms with Crippen LogP contribution in [0.3, 0.4) is 0 Å². The first-order chi connectivity index (χ1) is 10.3. The minimum Gasteiger partial charge on any atom is -0.337 e. The normalized spacial score (nSPS) is 19.6. The minimum atomic E-state index is 0.404. The molecule has 0 amide bonds. The van der Waals surface area contributed by atoms with E-state index in [-0.39, 0.29) is 0 Å². The van der Waals surface area contributed by atoms with Crippen molar-refractivity contribution in [1.29, 1.82) is 0 Å². The lowest BCUT2D eigenvalue weighted by Gasteiger charge is -2.24. The number of hydrogen-bond donors (Lipinski definition) is 0. The van der Waals surface area contributed by atoms with E-state index in [0.717, 1.165) is 24.7 Å². The molecule has 108 valence electrons. The van der Waals surface area contributed by atoms with Gasteiger partial charge in [0.05, 0.1) is 12.6 Å². The molecule has 6 nitrogen and oxygen atoms in total. The van der Waals surface area contributed by atoms with Gasteiger partial charge in [-0.25, -0.2) is 15.0 Å². The first-order valence-corrected chi connectivity index (χ1v) is 7.31. The molecular formula is C15H18N6. The monoisotopic (exact) mass is 282 g/mol. The van der Waals surface area contributed by atoms with Crippen LogP contribution in [0.4, 0.5) is 0 Å². The smallest absolute Gasteiger partial charge is 0.233 e. The van der Waals surface area contributed by atoms with E-state index in [0.29, 0.717) is 6.04 Å². The second kappa shape index (κ2) is 4.96. The van der Waals surface area contributed by atoms with Crippen LogP contribution in [0.1, 0.15) is 30.4 Å². The fraction of sp³-hybridized carbons (Fsp3) is 0.400. The van der Waals surface area contributed by atoms with Gasteiger partial charge in [-0.1, -0.05) is 0 Å². The number of imidazole rings is 2. The van der Waals surface area contributed by atoms with Crippen LogP contribution in [0.2, 0.25) is 0 Å². The van der Waals surface area contributed by atoms with Crippen molar-refractivity contribution in [2.45, 2.75) is 25.4 Å². The highest BCUT2D eigenvalue weighted by Crippen LogP contribution is 2.32. The number of aryl methyl sites for hydroxylation is 1. The summed E-state index contributed by atoms with van der Waals surface area (Å²) in [4.78, 5) is 15.5. The van der Waals surface area contributed by atoms with Gasteiger partial charge in [0.15, 0.2) is 0 Å². The fourth-order valence-corrected chi connectivity index (χ4v) is 3.21. The van der Waals surface area contributed by atoms with Gasteiger partial charge in [-0.2, -0.15) is 0 Å². The van der Waals surface area contributed by atoms with Crippen molar-refractivity contribution in [3.05, 3.63) is 48.6 Å². The highest BCUT2D eigenvalue weighted by atomic mass is 15.2. The molecule has 1 aliphatic rings. The van der Waals surface area contributed by atoms with E-state index < -0.39 is 0 Å². The Balaban J connectivity index is 1.67. The SMILES string of the molecule is Cn1ccnc1CN1CCCC1c1ccnc2nccn12. The van der Waals surface area contributed by atoms with Gasteiger partial charge in [0.2, 0.25) is 5.78 Å². The van der Waals surface area contributed by atoms with Crippen molar-refractivity contribution in [3.8, 4) is 0 Å². The Morgan fingerprint density at radius 3 is 2.86 bits per heavy atom. The Morgan fingerprint density at radius 2 is 2.00 bits per heavy atom. The molecule has 0 N–H and O–H groups in total. The summed E-state index contributed by atoms with van der Waals surface area (Å²) in [6.07, 6.45) is 11.9. The summed E-state index contributed by atoms with van der Waals surface area (Å²) in [5.41, 5.74) is 1.27. The summed E-state index contributed by atoms with van der Waals surface area (Å²) in [6.45, 7) is 1.99. The number of rotatable bonds is 3. The van der Waals surface area contributed by atoms with Crippen LogP contribution < -0.4 is 0 Å². The van der Waals surface area contributed by atoms with Crippen molar-refractivity contribution in [1.82, 2.24) is 28.8 Å². The van der Waals surface area contributed by atoms with Gasteiger partial charge < -0.3 is 4.57 Å². The van der Waals surface area contributed by atoms with E-state index in [1.165, 1.54) is 18.5 Å². The quantitative estimate of drug-likeness (QED) is 0.735. The maximum atomic E-state index is 4.45. The Hall–Kier alpha value is -2.21. The Kier molecular flexibility index (Phi) is 2.96. The molecule has 0 bridgehead atoms.